The summed E-state index contributed by atoms with van der Waals surface area (Å²) in [5, 5.41) is 3.30. The van der Waals surface area contributed by atoms with Crippen LogP contribution in [0.5, 0.6) is 5.75 Å². The van der Waals surface area contributed by atoms with Crippen LogP contribution in [0, 0.1) is 11.6 Å². The highest BCUT2D eigenvalue weighted by Crippen LogP contribution is 2.23. The van der Waals surface area contributed by atoms with Crippen molar-refractivity contribution in [3.05, 3.63) is 64.2 Å². The second-order valence-corrected chi connectivity index (χ2v) is 5.15. The monoisotopic (exact) mass is 311 g/mol. The van der Waals surface area contributed by atoms with Gasteiger partial charge in [-0.25, -0.2) is 8.78 Å². The first-order valence-electron chi connectivity index (χ1n) is 6.54. The quantitative estimate of drug-likeness (QED) is 0.879. The van der Waals surface area contributed by atoms with Gasteiger partial charge in [0.15, 0.2) is 0 Å². The summed E-state index contributed by atoms with van der Waals surface area (Å²) >= 11 is 5.68. The van der Waals surface area contributed by atoms with Crippen molar-refractivity contribution in [1.82, 2.24) is 5.32 Å². The molecule has 0 fully saturated rings. The SMILES string of the molecule is CNC(C)c1ccc(OCc2ccc(Cl)cc2F)cc1F. The van der Waals surface area contributed by atoms with Crippen molar-refractivity contribution in [2.24, 2.45) is 0 Å². The summed E-state index contributed by atoms with van der Waals surface area (Å²) in [6.07, 6.45) is 0. The standard InChI is InChI=1S/C16H16ClF2NO/c1-10(20-2)14-6-5-13(8-16(14)19)21-9-11-3-4-12(17)7-15(11)18/h3-8,10,20H,9H2,1-2H3. The van der Waals surface area contributed by atoms with Crippen LogP contribution >= 0.6 is 11.6 Å². The molecule has 2 rings (SSSR count). The molecule has 0 aliphatic carbocycles. The van der Waals surface area contributed by atoms with Gasteiger partial charge in [-0.3, -0.25) is 0 Å². The Bertz CT molecular complexity index is 634. The molecule has 112 valence electrons. The van der Waals surface area contributed by atoms with E-state index in [9.17, 15) is 8.78 Å². The number of benzene rings is 2. The Balaban J connectivity index is 2.08. The second-order valence-electron chi connectivity index (χ2n) is 4.72. The number of nitrogens with one attached hydrogen (secondary N) is 1. The Morgan fingerprint density at radius 2 is 1.90 bits per heavy atom. The van der Waals surface area contributed by atoms with Gasteiger partial charge in [0.2, 0.25) is 0 Å². The van der Waals surface area contributed by atoms with Gasteiger partial charge < -0.3 is 10.1 Å². The minimum absolute atomic E-state index is 0.0172. The lowest BCUT2D eigenvalue weighted by Crippen LogP contribution is -2.13. The Morgan fingerprint density at radius 1 is 1.14 bits per heavy atom. The molecule has 1 atom stereocenters. The Kier molecular flexibility index (Phi) is 5.15. The van der Waals surface area contributed by atoms with Crippen LogP contribution in [0.4, 0.5) is 8.78 Å². The molecule has 1 unspecified atom stereocenters. The summed E-state index contributed by atoms with van der Waals surface area (Å²) in [6, 6.07) is 8.89. The zero-order chi connectivity index (χ0) is 15.4. The highest BCUT2D eigenvalue weighted by Gasteiger charge is 2.10. The molecular formula is C16H16ClF2NO. The molecule has 2 aromatic carbocycles. The summed E-state index contributed by atoms with van der Waals surface area (Å²) in [5.41, 5.74) is 0.926. The summed E-state index contributed by atoms with van der Waals surface area (Å²) in [6.45, 7) is 1.88. The van der Waals surface area contributed by atoms with E-state index in [0.29, 0.717) is 21.9 Å². The third-order valence-corrected chi connectivity index (χ3v) is 3.52. The van der Waals surface area contributed by atoms with Gasteiger partial charge in [-0.05, 0) is 32.2 Å². The second kappa shape index (κ2) is 6.87. The molecule has 2 nitrogen and oxygen atoms in total. The molecule has 1 N–H and O–H groups in total. The number of hydrogen-bond donors (Lipinski definition) is 1. The predicted molar refractivity (Wildman–Crippen MR) is 79.6 cm³/mol. The van der Waals surface area contributed by atoms with E-state index < -0.39 is 5.82 Å². The molecule has 0 aliphatic rings. The molecule has 0 radical (unpaired) electrons. The van der Waals surface area contributed by atoms with E-state index in [4.69, 9.17) is 16.3 Å². The number of hydrogen-bond acceptors (Lipinski definition) is 2. The molecule has 0 amide bonds. The fourth-order valence-corrected chi connectivity index (χ4v) is 2.06. The van der Waals surface area contributed by atoms with Crippen LogP contribution < -0.4 is 10.1 Å². The molecule has 2 aromatic rings. The highest BCUT2D eigenvalue weighted by atomic mass is 35.5. The van der Waals surface area contributed by atoms with Gasteiger partial charge in [0, 0.05) is 28.3 Å². The molecular weight excluding hydrogens is 296 g/mol. The van der Waals surface area contributed by atoms with Gasteiger partial charge in [0.25, 0.3) is 0 Å². The molecule has 0 aromatic heterocycles. The van der Waals surface area contributed by atoms with Crippen LogP contribution in [0.2, 0.25) is 5.02 Å². The lowest BCUT2D eigenvalue weighted by molar-refractivity contribution is 0.298. The lowest BCUT2D eigenvalue weighted by atomic mass is 10.1. The van der Waals surface area contributed by atoms with Crippen molar-refractivity contribution in [1.29, 1.82) is 0 Å². The van der Waals surface area contributed by atoms with Crippen LogP contribution in [0.25, 0.3) is 0 Å². The van der Waals surface area contributed by atoms with Crippen molar-refractivity contribution >= 4 is 11.6 Å². The van der Waals surface area contributed by atoms with Crippen molar-refractivity contribution in [2.45, 2.75) is 19.6 Å². The normalized spacial score (nSPS) is 12.2. The van der Waals surface area contributed by atoms with E-state index in [-0.39, 0.29) is 18.5 Å². The largest absolute Gasteiger partial charge is 0.489 e. The Labute approximate surface area is 127 Å². The van der Waals surface area contributed by atoms with Gasteiger partial charge in [-0.15, -0.1) is 0 Å². The van der Waals surface area contributed by atoms with E-state index in [2.05, 4.69) is 5.32 Å². The van der Waals surface area contributed by atoms with Crippen LogP contribution in [0.15, 0.2) is 36.4 Å². The first kappa shape index (κ1) is 15.7. The molecule has 0 spiro atoms. The van der Waals surface area contributed by atoms with E-state index in [1.807, 2.05) is 6.92 Å². The summed E-state index contributed by atoms with van der Waals surface area (Å²) in [5.74, 6) is -0.441. The van der Waals surface area contributed by atoms with E-state index in [1.54, 1.807) is 31.3 Å². The van der Waals surface area contributed by atoms with E-state index >= 15 is 0 Å². The van der Waals surface area contributed by atoms with Crippen molar-refractivity contribution in [3.63, 3.8) is 0 Å². The van der Waals surface area contributed by atoms with Crippen molar-refractivity contribution < 1.29 is 13.5 Å². The highest BCUT2D eigenvalue weighted by molar-refractivity contribution is 6.30. The van der Waals surface area contributed by atoms with Crippen LogP contribution in [0.1, 0.15) is 24.1 Å². The van der Waals surface area contributed by atoms with Gasteiger partial charge in [0.05, 0.1) is 0 Å². The number of rotatable bonds is 5. The summed E-state index contributed by atoms with van der Waals surface area (Å²) < 4.78 is 33.0. The zero-order valence-corrected chi connectivity index (χ0v) is 12.5. The van der Waals surface area contributed by atoms with Gasteiger partial charge in [-0.1, -0.05) is 23.7 Å². The molecule has 0 heterocycles. The van der Waals surface area contributed by atoms with Gasteiger partial charge in [0.1, 0.15) is 24.0 Å². The lowest BCUT2D eigenvalue weighted by Gasteiger charge is -2.13. The van der Waals surface area contributed by atoms with Crippen LogP contribution in [0.3, 0.4) is 0 Å². The predicted octanol–water partition coefficient (Wildman–Crippen LogP) is 4.48. The molecule has 0 saturated heterocycles. The van der Waals surface area contributed by atoms with Gasteiger partial charge in [-0.2, -0.15) is 0 Å². The fourth-order valence-electron chi connectivity index (χ4n) is 1.90. The Hall–Kier alpha value is -1.65. The third-order valence-electron chi connectivity index (χ3n) is 3.28. The van der Waals surface area contributed by atoms with E-state index in [0.717, 1.165) is 0 Å². The molecule has 0 bridgehead atoms. The zero-order valence-electron chi connectivity index (χ0n) is 11.8. The average molecular weight is 312 g/mol. The molecule has 5 heteroatoms. The maximum atomic E-state index is 13.9. The maximum Gasteiger partial charge on any atom is 0.131 e. The molecule has 0 aliphatic heterocycles. The average Bonchev–Trinajstić information content (AvgIpc) is 2.45. The maximum absolute atomic E-state index is 13.9. The Morgan fingerprint density at radius 3 is 2.52 bits per heavy atom. The van der Waals surface area contributed by atoms with Crippen LogP contribution in [-0.4, -0.2) is 7.05 Å². The van der Waals surface area contributed by atoms with E-state index in [1.165, 1.54) is 12.1 Å². The molecule has 0 saturated carbocycles. The minimum atomic E-state index is -0.441. The first-order valence-corrected chi connectivity index (χ1v) is 6.92. The summed E-state index contributed by atoms with van der Waals surface area (Å²) in [7, 11) is 1.76. The topological polar surface area (TPSA) is 21.3 Å². The van der Waals surface area contributed by atoms with Crippen LogP contribution in [-0.2, 0) is 6.61 Å². The fraction of sp³-hybridized carbons (Fsp3) is 0.250. The minimum Gasteiger partial charge on any atom is -0.489 e. The van der Waals surface area contributed by atoms with Crippen molar-refractivity contribution in [2.75, 3.05) is 7.05 Å². The number of halogens is 3. The third kappa shape index (κ3) is 3.93. The first-order chi connectivity index (χ1) is 10.0. The molecule has 21 heavy (non-hydrogen) atoms. The number of ether oxygens (including phenoxy) is 1. The van der Waals surface area contributed by atoms with Crippen molar-refractivity contribution in [3.8, 4) is 5.75 Å². The van der Waals surface area contributed by atoms with Gasteiger partial charge >= 0.3 is 0 Å². The smallest absolute Gasteiger partial charge is 0.131 e. The summed E-state index contributed by atoms with van der Waals surface area (Å²) in [4.78, 5) is 0.